The number of nitrogens with one attached hydrogen (secondary N) is 1. The van der Waals surface area contributed by atoms with Crippen LogP contribution in [0, 0.1) is 5.92 Å². The molecule has 0 saturated heterocycles. The zero-order chi connectivity index (χ0) is 14.3. The molecule has 108 valence electrons. The Kier molecular flexibility index (Phi) is 7.77. The van der Waals surface area contributed by atoms with Gasteiger partial charge in [-0.2, -0.15) is 0 Å². The number of hydrogen-bond donors (Lipinski definition) is 2. The molecule has 1 aromatic carbocycles. The molecule has 2 nitrogen and oxygen atoms in total. The van der Waals surface area contributed by atoms with E-state index in [1.54, 1.807) is 0 Å². The second kappa shape index (κ2) is 8.80. The van der Waals surface area contributed by atoms with Gasteiger partial charge in [0.05, 0.1) is 10.0 Å². The van der Waals surface area contributed by atoms with Crippen LogP contribution in [0.1, 0.15) is 44.7 Å². The number of rotatable bonds is 8. The van der Waals surface area contributed by atoms with Crippen molar-refractivity contribution in [1.29, 1.82) is 0 Å². The lowest BCUT2D eigenvalue weighted by Gasteiger charge is -2.20. The third-order valence-electron chi connectivity index (χ3n) is 3.39. The van der Waals surface area contributed by atoms with Crippen LogP contribution in [0.3, 0.4) is 0 Å². The SMILES string of the molecule is CCCC(CCO)CNC(C)c1ccc(Cl)c(Cl)c1. The molecule has 2 unspecified atom stereocenters. The molecule has 0 aliphatic heterocycles. The molecule has 1 rings (SSSR count). The molecule has 4 heteroatoms. The van der Waals surface area contributed by atoms with Crippen molar-refractivity contribution in [2.45, 2.75) is 39.2 Å². The van der Waals surface area contributed by atoms with E-state index in [-0.39, 0.29) is 12.6 Å². The maximum atomic E-state index is 9.05. The minimum Gasteiger partial charge on any atom is -0.396 e. The van der Waals surface area contributed by atoms with Crippen LogP contribution in [-0.2, 0) is 0 Å². The van der Waals surface area contributed by atoms with E-state index in [1.165, 1.54) is 0 Å². The molecule has 0 radical (unpaired) electrons. The fourth-order valence-corrected chi connectivity index (χ4v) is 2.49. The summed E-state index contributed by atoms with van der Waals surface area (Å²) in [6, 6.07) is 5.96. The van der Waals surface area contributed by atoms with Crippen molar-refractivity contribution in [2.75, 3.05) is 13.2 Å². The molecular formula is C15H23Cl2NO. The molecule has 0 spiro atoms. The second-order valence-electron chi connectivity index (χ2n) is 4.97. The lowest BCUT2D eigenvalue weighted by atomic mass is 9.99. The molecule has 2 atom stereocenters. The van der Waals surface area contributed by atoms with E-state index in [4.69, 9.17) is 28.3 Å². The number of hydrogen-bond acceptors (Lipinski definition) is 2. The zero-order valence-electron chi connectivity index (χ0n) is 11.6. The van der Waals surface area contributed by atoms with Crippen molar-refractivity contribution in [1.82, 2.24) is 5.32 Å². The normalized spacial score (nSPS) is 14.4. The molecular weight excluding hydrogens is 281 g/mol. The molecule has 1 aromatic rings. The van der Waals surface area contributed by atoms with E-state index >= 15 is 0 Å². The number of benzene rings is 1. The average molecular weight is 304 g/mol. The van der Waals surface area contributed by atoms with Crippen molar-refractivity contribution < 1.29 is 5.11 Å². The van der Waals surface area contributed by atoms with Crippen LogP contribution in [0.2, 0.25) is 10.0 Å². The number of aliphatic hydroxyl groups is 1. The summed E-state index contributed by atoms with van der Waals surface area (Å²) in [4.78, 5) is 0. The van der Waals surface area contributed by atoms with Crippen LogP contribution in [0.5, 0.6) is 0 Å². The van der Waals surface area contributed by atoms with Crippen molar-refractivity contribution in [2.24, 2.45) is 5.92 Å². The Labute approximate surface area is 126 Å². The Morgan fingerprint density at radius 3 is 2.53 bits per heavy atom. The second-order valence-corrected chi connectivity index (χ2v) is 5.78. The zero-order valence-corrected chi connectivity index (χ0v) is 13.1. The summed E-state index contributed by atoms with van der Waals surface area (Å²) < 4.78 is 0. The third kappa shape index (κ3) is 5.70. The maximum Gasteiger partial charge on any atom is 0.0595 e. The van der Waals surface area contributed by atoms with Crippen LogP contribution in [-0.4, -0.2) is 18.3 Å². The minimum absolute atomic E-state index is 0.229. The molecule has 0 aromatic heterocycles. The Morgan fingerprint density at radius 1 is 1.21 bits per heavy atom. The lowest BCUT2D eigenvalue weighted by molar-refractivity contribution is 0.246. The van der Waals surface area contributed by atoms with Crippen molar-refractivity contribution in [3.63, 3.8) is 0 Å². The summed E-state index contributed by atoms with van der Waals surface area (Å²) >= 11 is 11.9. The van der Waals surface area contributed by atoms with E-state index in [2.05, 4.69) is 19.2 Å². The highest BCUT2D eigenvalue weighted by molar-refractivity contribution is 6.42. The van der Waals surface area contributed by atoms with Crippen LogP contribution >= 0.6 is 23.2 Å². The first-order chi connectivity index (χ1) is 9.08. The van der Waals surface area contributed by atoms with E-state index in [0.29, 0.717) is 16.0 Å². The van der Waals surface area contributed by atoms with Gasteiger partial charge in [-0.05, 0) is 49.9 Å². The molecule has 0 amide bonds. The predicted octanol–water partition coefficient (Wildman–Crippen LogP) is 4.44. The highest BCUT2D eigenvalue weighted by atomic mass is 35.5. The molecule has 2 N–H and O–H groups in total. The van der Waals surface area contributed by atoms with Gasteiger partial charge in [0, 0.05) is 12.6 Å². The van der Waals surface area contributed by atoms with Gasteiger partial charge in [-0.25, -0.2) is 0 Å². The van der Waals surface area contributed by atoms with E-state index < -0.39 is 0 Å². The average Bonchev–Trinajstić information content (AvgIpc) is 2.39. The minimum atomic E-state index is 0.229. The quantitative estimate of drug-likeness (QED) is 0.744. The molecule has 0 aliphatic carbocycles. The van der Waals surface area contributed by atoms with Gasteiger partial charge < -0.3 is 10.4 Å². The van der Waals surface area contributed by atoms with Gasteiger partial charge in [-0.1, -0.05) is 42.6 Å². The standard InChI is InChI=1S/C15H23Cl2NO/c1-3-4-12(7-8-19)10-18-11(2)13-5-6-14(16)15(17)9-13/h5-6,9,11-12,18-19H,3-4,7-8,10H2,1-2H3. The van der Waals surface area contributed by atoms with Crippen molar-refractivity contribution in [3.05, 3.63) is 33.8 Å². The summed E-state index contributed by atoms with van der Waals surface area (Å²) in [5.74, 6) is 0.528. The van der Waals surface area contributed by atoms with E-state index in [9.17, 15) is 0 Å². The Balaban J connectivity index is 2.53. The maximum absolute atomic E-state index is 9.05. The smallest absolute Gasteiger partial charge is 0.0595 e. The van der Waals surface area contributed by atoms with Crippen molar-refractivity contribution >= 4 is 23.2 Å². The highest BCUT2D eigenvalue weighted by Gasteiger charge is 2.11. The summed E-state index contributed by atoms with van der Waals surface area (Å²) in [7, 11) is 0. The summed E-state index contributed by atoms with van der Waals surface area (Å²) in [5.41, 5.74) is 1.13. The van der Waals surface area contributed by atoms with E-state index in [1.807, 2.05) is 18.2 Å². The fraction of sp³-hybridized carbons (Fsp3) is 0.600. The first-order valence-electron chi connectivity index (χ1n) is 6.87. The molecule has 19 heavy (non-hydrogen) atoms. The summed E-state index contributed by atoms with van der Waals surface area (Å²) in [5, 5.41) is 13.7. The molecule has 0 saturated carbocycles. The fourth-order valence-electron chi connectivity index (χ4n) is 2.18. The van der Waals surface area contributed by atoms with Crippen LogP contribution in [0.25, 0.3) is 0 Å². The number of halogens is 2. The Hall–Kier alpha value is -0.280. The van der Waals surface area contributed by atoms with Gasteiger partial charge >= 0.3 is 0 Å². The topological polar surface area (TPSA) is 32.3 Å². The Bertz CT molecular complexity index is 378. The first kappa shape index (κ1) is 16.8. The summed E-state index contributed by atoms with van der Waals surface area (Å²) in [6.07, 6.45) is 3.14. The highest BCUT2D eigenvalue weighted by Crippen LogP contribution is 2.25. The van der Waals surface area contributed by atoms with Gasteiger partial charge in [0.2, 0.25) is 0 Å². The largest absolute Gasteiger partial charge is 0.396 e. The molecule has 0 fully saturated rings. The van der Waals surface area contributed by atoms with Crippen LogP contribution < -0.4 is 5.32 Å². The molecule has 0 bridgehead atoms. The third-order valence-corrected chi connectivity index (χ3v) is 4.13. The molecule has 0 heterocycles. The predicted molar refractivity (Wildman–Crippen MR) is 83.0 cm³/mol. The van der Waals surface area contributed by atoms with E-state index in [0.717, 1.165) is 31.4 Å². The van der Waals surface area contributed by atoms with Gasteiger partial charge in [0.1, 0.15) is 0 Å². The first-order valence-corrected chi connectivity index (χ1v) is 7.63. The van der Waals surface area contributed by atoms with Gasteiger partial charge in [-0.3, -0.25) is 0 Å². The lowest BCUT2D eigenvalue weighted by Crippen LogP contribution is -2.26. The Morgan fingerprint density at radius 2 is 1.95 bits per heavy atom. The molecule has 0 aliphatic rings. The van der Waals surface area contributed by atoms with Crippen LogP contribution in [0.15, 0.2) is 18.2 Å². The van der Waals surface area contributed by atoms with Gasteiger partial charge in [0.25, 0.3) is 0 Å². The summed E-state index contributed by atoms with van der Waals surface area (Å²) in [6.45, 7) is 5.46. The van der Waals surface area contributed by atoms with Gasteiger partial charge in [0.15, 0.2) is 0 Å². The monoisotopic (exact) mass is 303 g/mol. The van der Waals surface area contributed by atoms with Crippen molar-refractivity contribution in [3.8, 4) is 0 Å². The van der Waals surface area contributed by atoms with Gasteiger partial charge in [-0.15, -0.1) is 0 Å². The number of aliphatic hydroxyl groups excluding tert-OH is 1. The van der Waals surface area contributed by atoms with Crippen LogP contribution in [0.4, 0.5) is 0 Å².